The second kappa shape index (κ2) is 5.40. The molecule has 0 amide bonds. The lowest BCUT2D eigenvalue weighted by Gasteiger charge is -2.11. The number of benzene rings is 1. The molecule has 1 heteroatoms. The van der Waals surface area contributed by atoms with Crippen molar-refractivity contribution in [2.24, 2.45) is 7.05 Å². The fraction of sp³-hybridized carbons (Fsp3) is 0.421. The van der Waals surface area contributed by atoms with E-state index in [0.29, 0.717) is 0 Å². The summed E-state index contributed by atoms with van der Waals surface area (Å²) in [5, 5.41) is 0. The molecule has 2 aromatic rings. The average Bonchev–Trinajstić information content (AvgIpc) is 2.63. The molecule has 0 atom stereocenters. The molecule has 1 heterocycles. The second-order valence-electron chi connectivity index (χ2n) is 6.20. The predicted octanol–water partition coefficient (Wildman–Crippen LogP) is 4.06. The van der Waals surface area contributed by atoms with Crippen LogP contribution in [-0.4, -0.2) is 0 Å². The van der Waals surface area contributed by atoms with Gasteiger partial charge in [-0.15, -0.1) is 0 Å². The Morgan fingerprint density at radius 1 is 0.900 bits per heavy atom. The molecule has 0 bridgehead atoms. The summed E-state index contributed by atoms with van der Waals surface area (Å²) in [5.74, 6) is 0. The van der Waals surface area contributed by atoms with Crippen molar-refractivity contribution in [1.29, 1.82) is 0 Å². The lowest BCUT2D eigenvalue weighted by molar-refractivity contribution is -0.660. The highest BCUT2D eigenvalue weighted by molar-refractivity contribution is 5.63. The van der Waals surface area contributed by atoms with Crippen molar-refractivity contribution >= 4 is 0 Å². The lowest BCUT2D eigenvalue weighted by Crippen LogP contribution is -2.31. The van der Waals surface area contributed by atoms with Crippen LogP contribution < -0.4 is 4.57 Å². The zero-order valence-electron chi connectivity index (χ0n) is 12.9. The van der Waals surface area contributed by atoms with Crippen LogP contribution in [0.3, 0.4) is 0 Å². The average molecular weight is 266 g/mol. The van der Waals surface area contributed by atoms with E-state index in [9.17, 15) is 0 Å². The molecule has 0 N–H and O–H groups in total. The summed E-state index contributed by atoms with van der Waals surface area (Å²) in [4.78, 5) is 0. The minimum absolute atomic E-state index is 1.25. The van der Waals surface area contributed by atoms with Gasteiger partial charge in [0.05, 0.1) is 0 Å². The zero-order valence-corrected chi connectivity index (χ0v) is 12.9. The first-order valence-corrected chi connectivity index (χ1v) is 7.74. The summed E-state index contributed by atoms with van der Waals surface area (Å²) in [6.07, 6.45) is 8.79. The van der Waals surface area contributed by atoms with E-state index in [1.54, 1.807) is 11.1 Å². The minimum Gasteiger partial charge on any atom is -0.201 e. The molecule has 0 spiro atoms. The molecule has 0 saturated heterocycles. The van der Waals surface area contributed by atoms with Crippen LogP contribution in [0.15, 0.2) is 30.5 Å². The van der Waals surface area contributed by atoms with Gasteiger partial charge in [-0.3, -0.25) is 0 Å². The van der Waals surface area contributed by atoms with Crippen molar-refractivity contribution in [2.75, 3.05) is 0 Å². The third-order valence-electron chi connectivity index (χ3n) is 4.50. The molecule has 20 heavy (non-hydrogen) atoms. The molecule has 0 saturated carbocycles. The second-order valence-corrected chi connectivity index (χ2v) is 6.20. The van der Waals surface area contributed by atoms with Gasteiger partial charge in [-0.05, 0) is 68.4 Å². The van der Waals surface area contributed by atoms with Gasteiger partial charge in [0.15, 0.2) is 6.20 Å². The normalized spacial score (nSPS) is 14.8. The van der Waals surface area contributed by atoms with E-state index in [1.807, 2.05) is 0 Å². The number of nitrogens with zero attached hydrogens (tertiary/aromatic N) is 1. The highest BCUT2D eigenvalue weighted by Crippen LogP contribution is 2.28. The summed E-state index contributed by atoms with van der Waals surface area (Å²) in [7, 11) is 2.15. The maximum Gasteiger partial charge on any atom is 0.212 e. The number of aryl methyl sites for hydroxylation is 5. The van der Waals surface area contributed by atoms with Crippen LogP contribution in [0.25, 0.3) is 11.3 Å². The summed E-state index contributed by atoms with van der Waals surface area (Å²) < 4.78 is 2.25. The lowest BCUT2D eigenvalue weighted by atomic mass is 9.94. The van der Waals surface area contributed by atoms with Crippen molar-refractivity contribution in [1.82, 2.24) is 0 Å². The van der Waals surface area contributed by atoms with Crippen LogP contribution in [0.1, 0.15) is 41.5 Å². The fourth-order valence-electron chi connectivity index (χ4n) is 3.39. The highest BCUT2D eigenvalue weighted by Gasteiger charge is 2.16. The van der Waals surface area contributed by atoms with Crippen molar-refractivity contribution in [3.8, 4) is 11.3 Å². The third kappa shape index (κ3) is 2.49. The Morgan fingerprint density at radius 3 is 2.30 bits per heavy atom. The number of hydrogen-bond donors (Lipinski definition) is 0. The zero-order chi connectivity index (χ0) is 14.1. The number of fused-ring (bicyclic) bond motifs is 1. The molecule has 1 aromatic carbocycles. The Morgan fingerprint density at radius 2 is 1.60 bits per heavy atom. The quantitative estimate of drug-likeness (QED) is 0.541. The molecule has 0 fully saturated rings. The van der Waals surface area contributed by atoms with Crippen LogP contribution in [0, 0.1) is 13.8 Å². The van der Waals surface area contributed by atoms with Gasteiger partial charge in [0.2, 0.25) is 5.69 Å². The van der Waals surface area contributed by atoms with E-state index in [0.717, 1.165) is 0 Å². The van der Waals surface area contributed by atoms with Gasteiger partial charge >= 0.3 is 0 Å². The molecular formula is C19H24N+. The van der Waals surface area contributed by atoms with Crippen molar-refractivity contribution in [2.45, 2.75) is 46.0 Å². The van der Waals surface area contributed by atoms with Crippen molar-refractivity contribution in [3.63, 3.8) is 0 Å². The molecule has 1 nitrogen and oxygen atoms in total. The third-order valence-corrected chi connectivity index (χ3v) is 4.50. The van der Waals surface area contributed by atoms with Gasteiger partial charge in [-0.2, -0.15) is 0 Å². The largest absolute Gasteiger partial charge is 0.212 e. The first-order valence-electron chi connectivity index (χ1n) is 7.74. The van der Waals surface area contributed by atoms with Gasteiger partial charge < -0.3 is 0 Å². The molecule has 0 radical (unpaired) electrons. The SMILES string of the molecule is Cc1ccc(-c2cc3c(cc2C)CCCCC3)[n+](C)c1. The van der Waals surface area contributed by atoms with Crippen molar-refractivity contribution < 1.29 is 4.57 Å². The van der Waals surface area contributed by atoms with E-state index in [1.165, 1.54) is 54.5 Å². The summed E-state index contributed by atoms with van der Waals surface area (Å²) in [5.41, 5.74) is 8.59. The van der Waals surface area contributed by atoms with E-state index in [-0.39, 0.29) is 0 Å². The first kappa shape index (κ1) is 13.4. The Kier molecular flexibility index (Phi) is 3.60. The van der Waals surface area contributed by atoms with Gasteiger partial charge in [0.1, 0.15) is 7.05 Å². The van der Waals surface area contributed by atoms with Crippen LogP contribution in [0.2, 0.25) is 0 Å². The number of hydrogen-bond acceptors (Lipinski definition) is 0. The Bertz CT molecular complexity index is 640. The fourth-order valence-corrected chi connectivity index (χ4v) is 3.39. The molecule has 0 unspecified atom stereocenters. The Hall–Kier alpha value is -1.63. The maximum absolute atomic E-state index is 2.45. The number of aromatic nitrogens is 1. The van der Waals surface area contributed by atoms with E-state index in [2.05, 4.69) is 55.9 Å². The molecule has 1 aliphatic rings. The van der Waals surface area contributed by atoms with Crippen LogP contribution in [0.4, 0.5) is 0 Å². The van der Waals surface area contributed by atoms with Gasteiger partial charge in [0, 0.05) is 17.2 Å². The molecule has 104 valence electrons. The Balaban J connectivity index is 2.12. The van der Waals surface area contributed by atoms with Gasteiger partial charge in [-0.1, -0.05) is 12.5 Å². The first-order chi connectivity index (χ1) is 9.65. The smallest absolute Gasteiger partial charge is 0.201 e. The standard InChI is InChI=1S/C19H24N/c1-14-9-10-19(20(3)13-14)18-12-17-8-6-4-5-7-16(17)11-15(18)2/h9-13H,4-8H2,1-3H3/q+1. The van der Waals surface area contributed by atoms with Crippen LogP contribution in [0.5, 0.6) is 0 Å². The predicted molar refractivity (Wildman–Crippen MR) is 83.8 cm³/mol. The molecule has 3 rings (SSSR count). The van der Waals surface area contributed by atoms with E-state index < -0.39 is 0 Å². The maximum atomic E-state index is 2.45. The summed E-state index contributed by atoms with van der Waals surface area (Å²) in [6.45, 7) is 4.40. The number of rotatable bonds is 1. The molecule has 0 aliphatic heterocycles. The molecular weight excluding hydrogens is 242 g/mol. The molecule has 1 aliphatic carbocycles. The Labute approximate surface area is 122 Å². The van der Waals surface area contributed by atoms with Crippen molar-refractivity contribution in [3.05, 3.63) is 52.7 Å². The molecule has 1 aromatic heterocycles. The van der Waals surface area contributed by atoms with E-state index in [4.69, 9.17) is 0 Å². The monoisotopic (exact) mass is 266 g/mol. The summed E-state index contributed by atoms with van der Waals surface area (Å²) >= 11 is 0. The van der Waals surface area contributed by atoms with Crippen LogP contribution >= 0.6 is 0 Å². The van der Waals surface area contributed by atoms with Gasteiger partial charge in [-0.25, -0.2) is 4.57 Å². The summed E-state index contributed by atoms with van der Waals surface area (Å²) in [6, 6.07) is 9.33. The topological polar surface area (TPSA) is 3.88 Å². The van der Waals surface area contributed by atoms with E-state index >= 15 is 0 Å². The van der Waals surface area contributed by atoms with Crippen LogP contribution in [-0.2, 0) is 19.9 Å². The van der Waals surface area contributed by atoms with Gasteiger partial charge in [0.25, 0.3) is 0 Å². The minimum atomic E-state index is 1.25. The highest BCUT2D eigenvalue weighted by atomic mass is 14.9. The number of pyridine rings is 1.